The van der Waals surface area contributed by atoms with Crippen LogP contribution in [0.3, 0.4) is 0 Å². The van der Waals surface area contributed by atoms with E-state index in [1.165, 1.54) is 5.56 Å². The zero-order valence-electron chi connectivity index (χ0n) is 15.7. The third kappa shape index (κ3) is 4.10. The molecule has 0 amide bonds. The largest absolute Gasteiger partial charge is 0.353 e. The van der Waals surface area contributed by atoms with Crippen molar-refractivity contribution in [3.63, 3.8) is 0 Å². The first-order chi connectivity index (χ1) is 13.5. The predicted molar refractivity (Wildman–Crippen MR) is 112 cm³/mol. The Hall–Kier alpha value is -2.26. The number of aryl methyl sites for hydroxylation is 1. The number of hydrogen-bond acceptors (Lipinski definition) is 8. The van der Waals surface area contributed by atoms with Gasteiger partial charge in [0, 0.05) is 54.9 Å². The summed E-state index contributed by atoms with van der Waals surface area (Å²) in [7, 11) is 0. The maximum Gasteiger partial charge on any atom is 0.234 e. The van der Waals surface area contributed by atoms with Crippen LogP contribution in [0.25, 0.3) is 22.0 Å². The first-order valence-electron chi connectivity index (χ1n) is 9.22. The third-order valence-corrected chi connectivity index (χ3v) is 5.97. The second kappa shape index (κ2) is 8.00. The van der Waals surface area contributed by atoms with Crippen molar-refractivity contribution >= 4 is 28.6 Å². The van der Waals surface area contributed by atoms with Crippen molar-refractivity contribution in [3.05, 3.63) is 48.4 Å². The first-order valence-corrected chi connectivity index (χ1v) is 10.4. The Bertz CT molecular complexity index is 982. The Morgan fingerprint density at radius 2 is 2.14 bits per heavy atom. The summed E-state index contributed by atoms with van der Waals surface area (Å²) in [5, 5.41) is 24.2. The summed E-state index contributed by atoms with van der Waals surface area (Å²) in [6.45, 7) is 3.76. The summed E-state index contributed by atoms with van der Waals surface area (Å²) >= 11 is 1.55. The molecule has 1 aliphatic heterocycles. The lowest BCUT2D eigenvalue weighted by atomic mass is 10.0. The van der Waals surface area contributed by atoms with Crippen molar-refractivity contribution in [2.45, 2.75) is 12.8 Å². The summed E-state index contributed by atoms with van der Waals surface area (Å²) in [6.07, 6.45) is 5.47. The number of aliphatic hydroxyl groups is 2. The Labute approximate surface area is 167 Å². The molecule has 146 valence electrons. The summed E-state index contributed by atoms with van der Waals surface area (Å²) in [5.74, 6) is -0.00668. The van der Waals surface area contributed by atoms with Gasteiger partial charge in [0.2, 0.25) is 11.9 Å². The van der Waals surface area contributed by atoms with E-state index >= 15 is 0 Å². The monoisotopic (exact) mass is 397 g/mol. The van der Waals surface area contributed by atoms with Gasteiger partial charge in [-0.15, -0.1) is 0 Å². The van der Waals surface area contributed by atoms with E-state index < -0.39 is 5.91 Å². The number of fused-ring (bicyclic) bond motifs is 1. The summed E-state index contributed by atoms with van der Waals surface area (Å²) < 4.78 is 0. The highest BCUT2D eigenvalue weighted by atomic mass is 32.2. The molecule has 28 heavy (non-hydrogen) atoms. The fourth-order valence-corrected chi connectivity index (χ4v) is 4.25. The molecule has 7 nitrogen and oxygen atoms in total. The van der Waals surface area contributed by atoms with E-state index in [0.29, 0.717) is 31.3 Å². The van der Waals surface area contributed by atoms with Crippen LogP contribution in [0.4, 0.5) is 5.95 Å². The molecular formula is C20H23N5O2S. The molecule has 4 rings (SSSR count). The number of nitrogens with one attached hydrogen (secondary N) is 1. The van der Waals surface area contributed by atoms with Crippen LogP contribution in [0.5, 0.6) is 0 Å². The number of thioether (sulfide) groups is 1. The smallest absolute Gasteiger partial charge is 0.234 e. The number of rotatable bonds is 5. The topological polar surface area (TPSA) is 94.4 Å². The van der Waals surface area contributed by atoms with Crippen LogP contribution in [-0.4, -0.2) is 67.1 Å². The molecule has 8 heteroatoms. The van der Waals surface area contributed by atoms with Gasteiger partial charge in [-0.3, -0.25) is 4.98 Å². The van der Waals surface area contributed by atoms with Crippen LogP contribution in [0.2, 0.25) is 0 Å². The van der Waals surface area contributed by atoms with Crippen LogP contribution >= 0.6 is 11.8 Å². The zero-order chi connectivity index (χ0) is 19.6. The predicted octanol–water partition coefficient (Wildman–Crippen LogP) is 2.10. The molecule has 0 spiro atoms. The highest BCUT2D eigenvalue weighted by molar-refractivity contribution is 7.99. The van der Waals surface area contributed by atoms with Gasteiger partial charge in [0.25, 0.3) is 0 Å². The fourth-order valence-electron chi connectivity index (χ4n) is 3.30. The zero-order valence-corrected chi connectivity index (χ0v) is 16.5. The molecule has 0 saturated carbocycles. The average Bonchev–Trinajstić information content (AvgIpc) is 2.69. The highest BCUT2D eigenvalue weighted by Crippen LogP contribution is 2.26. The van der Waals surface area contributed by atoms with Gasteiger partial charge in [0.1, 0.15) is 0 Å². The molecule has 0 radical (unpaired) electrons. The van der Waals surface area contributed by atoms with E-state index in [-0.39, 0.29) is 0 Å². The summed E-state index contributed by atoms with van der Waals surface area (Å²) in [4.78, 5) is 14.8. The minimum Gasteiger partial charge on any atom is -0.353 e. The van der Waals surface area contributed by atoms with E-state index in [2.05, 4.69) is 33.3 Å². The lowest BCUT2D eigenvalue weighted by Crippen LogP contribution is -2.55. The summed E-state index contributed by atoms with van der Waals surface area (Å²) in [6, 6.07) is 8.09. The molecule has 3 aromatic rings. The SMILES string of the molecule is Cc1ccncc1-c1ccc2nc(NCCN3CCSCC3(O)O)ncc2c1. The molecule has 2 aromatic heterocycles. The van der Waals surface area contributed by atoms with Gasteiger partial charge in [-0.2, -0.15) is 11.8 Å². The fraction of sp³-hybridized carbons (Fsp3) is 0.350. The van der Waals surface area contributed by atoms with Gasteiger partial charge in [-0.1, -0.05) is 6.07 Å². The Morgan fingerprint density at radius 1 is 1.25 bits per heavy atom. The number of hydrogen-bond donors (Lipinski definition) is 3. The Kier molecular flexibility index (Phi) is 5.45. The van der Waals surface area contributed by atoms with E-state index in [9.17, 15) is 10.2 Å². The Balaban J connectivity index is 1.45. The number of benzene rings is 1. The average molecular weight is 398 g/mol. The van der Waals surface area contributed by atoms with Crippen LogP contribution < -0.4 is 5.32 Å². The van der Waals surface area contributed by atoms with E-state index in [4.69, 9.17) is 0 Å². The highest BCUT2D eigenvalue weighted by Gasteiger charge is 2.34. The van der Waals surface area contributed by atoms with Gasteiger partial charge in [-0.05, 0) is 36.2 Å². The Morgan fingerprint density at radius 3 is 2.96 bits per heavy atom. The lowest BCUT2D eigenvalue weighted by Gasteiger charge is -2.38. The molecule has 0 bridgehead atoms. The van der Waals surface area contributed by atoms with Crippen molar-refractivity contribution in [2.75, 3.05) is 36.5 Å². The number of pyridine rings is 1. The molecular weight excluding hydrogens is 374 g/mol. The van der Waals surface area contributed by atoms with E-state index in [1.54, 1.807) is 29.1 Å². The molecule has 3 N–H and O–H groups in total. The molecule has 3 heterocycles. The number of aromatic nitrogens is 3. The van der Waals surface area contributed by atoms with Crippen LogP contribution in [0, 0.1) is 6.92 Å². The normalized spacial score (nSPS) is 17.0. The number of nitrogens with zero attached hydrogens (tertiary/aromatic N) is 4. The third-order valence-electron chi connectivity index (χ3n) is 4.90. The minimum atomic E-state index is -1.74. The first kappa shape index (κ1) is 19.1. The van der Waals surface area contributed by atoms with E-state index in [1.807, 2.05) is 24.4 Å². The van der Waals surface area contributed by atoms with Gasteiger partial charge >= 0.3 is 0 Å². The van der Waals surface area contributed by atoms with Crippen molar-refractivity contribution in [3.8, 4) is 11.1 Å². The summed E-state index contributed by atoms with van der Waals surface area (Å²) in [5.41, 5.74) is 4.22. The lowest BCUT2D eigenvalue weighted by molar-refractivity contribution is -0.246. The molecule has 1 fully saturated rings. The maximum atomic E-state index is 10.0. The number of anilines is 1. The van der Waals surface area contributed by atoms with Gasteiger partial charge in [-0.25, -0.2) is 14.9 Å². The van der Waals surface area contributed by atoms with Gasteiger partial charge in [0.15, 0.2) is 0 Å². The van der Waals surface area contributed by atoms with E-state index in [0.717, 1.165) is 27.8 Å². The van der Waals surface area contributed by atoms with Crippen molar-refractivity contribution in [2.24, 2.45) is 0 Å². The van der Waals surface area contributed by atoms with Crippen molar-refractivity contribution < 1.29 is 10.2 Å². The molecule has 1 saturated heterocycles. The van der Waals surface area contributed by atoms with Crippen molar-refractivity contribution in [1.29, 1.82) is 0 Å². The quantitative estimate of drug-likeness (QED) is 0.564. The van der Waals surface area contributed by atoms with Crippen LogP contribution in [-0.2, 0) is 0 Å². The second-order valence-electron chi connectivity index (χ2n) is 6.90. The maximum absolute atomic E-state index is 10.0. The molecule has 0 atom stereocenters. The van der Waals surface area contributed by atoms with Crippen LogP contribution in [0.15, 0.2) is 42.9 Å². The standard InChI is InChI=1S/C20H23N5O2S/c1-14-4-5-21-12-17(14)15-2-3-18-16(10-15)11-23-19(24-18)22-6-7-25-8-9-28-13-20(25,26)27/h2-5,10-12,26-27H,6-9,13H2,1H3,(H,22,23,24). The molecule has 1 aromatic carbocycles. The molecule has 1 aliphatic rings. The second-order valence-corrected chi connectivity index (χ2v) is 8.00. The molecule has 0 unspecified atom stereocenters. The van der Waals surface area contributed by atoms with Gasteiger partial charge in [0.05, 0.1) is 11.3 Å². The minimum absolute atomic E-state index is 0.304. The van der Waals surface area contributed by atoms with Gasteiger partial charge < -0.3 is 15.5 Å². The molecule has 0 aliphatic carbocycles. The van der Waals surface area contributed by atoms with Crippen molar-refractivity contribution in [1.82, 2.24) is 19.9 Å². The van der Waals surface area contributed by atoms with Crippen LogP contribution in [0.1, 0.15) is 5.56 Å².